The first kappa shape index (κ1) is 17.1. The van der Waals surface area contributed by atoms with Gasteiger partial charge in [0.1, 0.15) is 18.3 Å². The summed E-state index contributed by atoms with van der Waals surface area (Å²) in [6, 6.07) is 18.5. The van der Waals surface area contributed by atoms with Crippen LogP contribution in [0.5, 0.6) is 0 Å². The molecular weight excluding hydrogens is 336 g/mol. The first-order valence-corrected chi connectivity index (χ1v) is 9.29. The Hall–Kier alpha value is -3.28. The molecule has 0 unspecified atom stereocenters. The van der Waals surface area contributed by atoms with Gasteiger partial charge in [-0.25, -0.2) is 4.98 Å². The van der Waals surface area contributed by atoms with Crippen LogP contribution in [0.15, 0.2) is 67.3 Å². The van der Waals surface area contributed by atoms with E-state index in [0.717, 1.165) is 60.2 Å². The fourth-order valence-electron chi connectivity index (χ4n) is 3.17. The largest absolute Gasteiger partial charge is 0.368 e. The monoisotopic (exact) mass is 358 g/mol. The second kappa shape index (κ2) is 8.40. The Balaban J connectivity index is 1.40. The zero-order chi connectivity index (χ0) is 18.3. The standard InChI is InChI=1S/C21H22N6/c1-3-9-17(10-4-1)20-18-11-5-6-12-19(18)21(26-25-20)23-13-7-2-8-14-27-16-22-15-24-27/h1,3-6,9-12,15-16H,2,7-8,13-14H2,(H,23,26). The summed E-state index contributed by atoms with van der Waals surface area (Å²) in [5.41, 5.74) is 2.01. The molecule has 0 bridgehead atoms. The number of aromatic nitrogens is 5. The maximum absolute atomic E-state index is 4.49. The minimum absolute atomic E-state index is 0.849. The van der Waals surface area contributed by atoms with E-state index in [2.05, 4.69) is 49.9 Å². The molecule has 27 heavy (non-hydrogen) atoms. The number of unbranched alkanes of at least 4 members (excludes halogenated alkanes) is 2. The Morgan fingerprint density at radius 3 is 2.44 bits per heavy atom. The Morgan fingerprint density at radius 1 is 0.815 bits per heavy atom. The van der Waals surface area contributed by atoms with Gasteiger partial charge in [0.05, 0.1) is 0 Å². The van der Waals surface area contributed by atoms with Gasteiger partial charge < -0.3 is 5.32 Å². The third kappa shape index (κ3) is 4.11. The maximum Gasteiger partial charge on any atom is 0.156 e. The number of hydrogen-bond acceptors (Lipinski definition) is 5. The van der Waals surface area contributed by atoms with Gasteiger partial charge in [0.25, 0.3) is 0 Å². The molecule has 0 saturated heterocycles. The highest BCUT2D eigenvalue weighted by Gasteiger charge is 2.10. The van der Waals surface area contributed by atoms with Crippen molar-refractivity contribution in [3.63, 3.8) is 0 Å². The summed E-state index contributed by atoms with van der Waals surface area (Å²) in [7, 11) is 0. The fraction of sp³-hybridized carbons (Fsp3) is 0.238. The summed E-state index contributed by atoms with van der Waals surface area (Å²) in [5, 5.41) is 18.7. The van der Waals surface area contributed by atoms with Crippen molar-refractivity contribution in [3.8, 4) is 11.3 Å². The molecule has 0 atom stereocenters. The summed E-state index contributed by atoms with van der Waals surface area (Å²) in [6.45, 7) is 1.79. The van der Waals surface area contributed by atoms with Crippen LogP contribution >= 0.6 is 0 Å². The van der Waals surface area contributed by atoms with Crippen molar-refractivity contribution in [3.05, 3.63) is 67.3 Å². The number of rotatable bonds is 8. The van der Waals surface area contributed by atoms with Crippen molar-refractivity contribution in [2.45, 2.75) is 25.8 Å². The number of aryl methyl sites for hydroxylation is 1. The van der Waals surface area contributed by atoms with Crippen molar-refractivity contribution < 1.29 is 0 Å². The molecule has 2 heterocycles. The van der Waals surface area contributed by atoms with Gasteiger partial charge in [-0.1, -0.05) is 54.6 Å². The SMILES string of the molecule is c1ccc(-c2nnc(NCCCCCn3cncn3)c3ccccc23)cc1. The van der Waals surface area contributed by atoms with Crippen molar-refractivity contribution in [2.24, 2.45) is 0 Å². The Kier molecular flexibility index (Phi) is 5.34. The molecule has 4 rings (SSSR count). The molecule has 1 N–H and O–H groups in total. The quantitative estimate of drug-likeness (QED) is 0.479. The normalized spacial score (nSPS) is 11.0. The predicted molar refractivity (Wildman–Crippen MR) is 107 cm³/mol. The number of hydrogen-bond donors (Lipinski definition) is 1. The first-order valence-electron chi connectivity index (χ1n) is 9.29. The summed E-state index contributed by atoms with van der Waals surface area (Å²) >= 11 is 0. The van der Waals surface area contributed by atoms with Gasteiger partial charge in [0, 0.05) is 29.4 Å². The van der Waals surface area contributed by atoms with Crippen LogP contribution in [0.1, 0.15) is 19.3 Å². The zero-order valence-corrected chi connectivity index (χ0v) is 15.1. The topological polar surface area (TPSA) is 68.5 Å². The van der Waals surface area contributed by atoms with Crippen LogP contribution in [0.4, 0.5) is 5.82 Å². The Labute approximate surface area is 158 Å². The summed E-state index contributed by atoms with van der Waals surface area (Å²) < 4.78 is 1.87. The summed E-state index contributed by atoms with van der Waals surface area (Å²) in [6.07, 6.45) is 6.62. The number of fused-ring (bicyclic) bond motifs is 1. The lowest BCUT2D eigenvalue weighted by atomic mass is 10.0. The number of anilines is 1. The highest BCUT2D eigenvalue weighted by molar-refractivity contribution is 5.99. The minimum Gasteiger partial charge on any atom is -0.368 e. The smallest absolute Gasteiger partial charge is 0.156 e. The molecule has 136 valence electrons. The average molecular weight is 358 g/mol. The van der Waals surface area contributed by atoms with Crippen LogP contribution < -0.4 is 5.32 Å². The van der Waals surface area contributed by atoms with E-state index in [1.54, 1.807) is 12.7 Å². The van der Waals surface area contributed by atoms with Gasteiger partial charge >= 0.3 is 0 Å². The van der Waals surface area contributed by atoms with Crippen LogP contribution in [-0.2, 0) is 6.54 Å². The number of nitrogens with one attached hydrogen (secondary N) is 1. The predicted octanol–water partition coefficient (Wildman–Crippen LogP) is 4.17. The average Bonchev–Trinajstić information content (AvgIpc) is 3.25. The first-order chi connectivity index (χ1) is 13.4. The van der Waals surface area contributed by atoms with E-state index >= 15 is 0 Å². The zero-order valence-electron chi connectivity index (χ0n) is 15.1. The molecule has 0 aliphatic heterocycles. The van der Waals surface area contributed by atoms with E-state index in [9.17, 15) is 0 Å². The van der Waals surface area contributed by atoms with Crippen molar-refractivity contribution in [1.29, 1.82) is 0 Å². The van der Waals surface area contributed by atoms with E-state index in [-0.39, 0.29) is 0 Å². The molecule has 0 radical (unpaired) electrons. The second-order valence-corrected chi connectivity index (χ2v) is 6.45. The molecule has 0 fully saturated rings. The fourth-order valence-corrected chi connectivity index (χ4v) is 3.17. The number of nitrogens with zero attached hydrogens (tertiary/aromatic N) is 5. The van der Waals surface area contributed by atoms with Crippen LogP contribution in [0.2, 0.25) is 0 Å². The molecule has 6 heteroatoms. The van der Waals surface area contributed by atoms with Gasteiger partial charge in [-0.3, -0.25) is 4.68 Å². The molecule has 2 aromatic carbocycles. The van der Waals surface area contributed by atoms with E-state index in [0.29, 0.717) is 0 Å². The lowest BCUT2D eigenvalue weighted by Crippen LogP contribution is -2.06. The highest BCUT2D eigenvalue weighted by Crippen LogP contribution is 2.29. The lowest BCUT2D eigenvalue weighted by molar-refractivity contribution is 0.548. The molecule has 0 aliphatic rings. The molecular formula is C21H22N6. The van der Waals surface area contributed by atoms with E-state index in [4.69, 9.17) is 0 Å². The third-order valence-electron chi connectivity index (χ3n) is 4.56. The third-order valence-corrected chi connectivity index (χ3v) is 4.56. The highest BCUT2D eigenvalue weighted by atomic mass is 15.3. The molecule has 4 aromatic rings. The van der Waals surface area contributed by atoms with Crippen LogP contribution in [0.3, 0.4) is 0 Å². The number of benzene rings is 2. The van der Waals surface area contributed by atoms with Gasteiger partial charge in [-0.05, 0) is 19.3 Å². The summed E-state index contributed by atoms with van der Waals surface area (Å²) in [5.74, 6) is 0.849. The molecule has 0 spiro atoms. The Bertz CT molecular complexity index is 982. The van der Waals surface area contributed by atoms with Crippen molar-refractivity contribution >= 4 is 16.6 Å². The molecule has 0 amide bonds. The van der Waals surface area contributed by atoms with Gasteiger partial charge in [0.2, 0.25) is 0 Å². The van der Waals surface area contributed by atoms with Crippen LogP contribution in [0, 0.1) is 0 Å². The molecule has 6 nitrogen and oxygen atoms in total. The Morgan fingerprint density at radius 2 is 1.63 bits per heavy atom. The van der Waals surface area contributed by atoms with Gasteiger partial charge in [-0.15, -0.1) is 10.2 Å². The van der Waals surface area contributed by atoms with E-state index < -0.39 is 0 Å². The van der Waals surface area contributed by atoms with E-state index in [1.807, 2.05) is 35.0 Å². The van der Waals surface area contributed by atoms with Crippen LogP contribution in [0.25, 0.3) is 22.0 Å². The van der Waals surface area contributed by atoms with Crippen molar-refractivity contribution in [1.82, 2.24) is 25.0 Å². The molecule has 0 saturated carbocycles. The van der Waals surface area contributed by atoms with E-state index in [1.165, 1.54) is 0 Å². The van der Waals surface area contributed by atoms with Gasteiger partial charge in [-0.2, -0.15) is 5.10 Å². The van der Waals surface area contributed by atoms with Crippen LogP contribution in [-0.4, -0.2) is 31.5 Å². The summed E-state index contributed by atoms with van der Waals surface area (Å²) in [4.78, 5) is 3.96. The maximum atomic E-state index is 4.49. The molecule has 2 aromatic heterocycles. The van der Waals surface area contributed by atoms with Gasteiger partial charge in [0.15, 0.2) is 5.82 Å². The van der Waals surface area contributed by atoms with Crippen molar-refractivity contribution in [2.75, 3.05) is 11.9 Å². The lowest BCUT2D eigenvalue weighted by Gasteiger charge is -2.11. The minimum atomic E-state index is 0.849. The second-order valence-electron chi connectivity index (χ2n) is 6.45. The molecule has 0 aliphatic carbocycles.